The van der Waals surface area contributed by atoms with E-state index in [9.17, 15) is 4.79 Å². The Bertz CT molecular complexity index is 820. The van der Waals surface area contributed by atoms with Crippen molar-refractivity contribution in [2.75, 3.05) is 20.3 Å². The van der Waals surface area contributed by atoms with E-state index in [2.05, 4.69) is 12.1 Å². The van der Waals surface area contributed by atoms with Crippen molar-refractivity contribution in [3.05, 3.63) is 64.7 Å². The quantitative estimate of drug-likeness (QED) is 0.647. The number of likely N-dealkylation sites (tertiary alicyclic amines) is 1. The number of benzene rings is 2. The average Bonchev–Trinajstić information content (AvgIpc) is 3.17. The van der Waals surface area contributed by atoms with Crippen LogP contribution in [0.25, 0.3) is 6.08 Å². The Morgan fingerprint density at radius 3 is 2.78 bits per heavy atom. The molecule has 1 fully saturated rings. The molecular weight excluding hydrogens is 362 g/mol. The fourth-order valence-corrected chi connectivity index (χ4v) is 3.76. The fourth-order valence-electron chi connectivity index (χ4n) is 3.46. The lowest BCUT2D eigenvalue weighted by Crippen LogP contribution is -2.28. The zero-order valence-corrected chi connectivity index (χ0v) is 16.4. The maximum Gasteiger partial charge on any atom is 0.247 e. The second kappa shape index (κ2) is 8.96. The van der Waals surface area contributed by atoms with E-state index in [-0.39, 0.29) is 11.9 Å². The molecule has 0 aromatic heterocycles. The summed E-state index contributed by atoms with van der Waals surface area (Å²) in [7, 11) is 1.56. The highest BCUT2D eigenvalue weighted by Gasteiger charge is 2.28. The van der Waals surface area contributed by atoms with Crippen LogP contribution in [0.3, 0.4) is 0 Å². The lowest BCUT2D eigenvalue weighted by molar-refractivity contribution is -0.126. The maximum atomic E-state index is 12.8. The summed E-state index contributed by atoms with van der Waals surface area (Å²) < 4.78 is 10.9. The van der Waals surface area contributed by atoms with Crippen molar-refractivity contribution in [2.24, 2.45) is 0 Å². The number of carbonyl (C=O) groups excluding carboxylic acids is 1. The fraction of sp³-hybridized carbons (Fsp3) is 0.318. The normalized spacial score (nSPS) is 16.7. The van der Waals surface area contributed by atoms with E-state index >= 15 is 0 Å². The molecular formula is C22H24ClNO3. The third-order valence-corrected chi connectivity index (χ3v) is 4.96. The van der Waals surface area contributed by atoms with E-state index in [0.29, 0.717) is 23.1 Å². The Kier molecular flexibility index (Phi) is 6.40. The predicted octanol–water partition coefficient (Wildman–Crippen LogP) is 5.12. The third-order valence-electron chi connectivity index (χ3n) is 4.67. The molecule has 0 aliphatic carbocycles. The van der Waals surface area contributed by atoms with Gasteiger partial charge in [-0.15, -0.1) is 0 Å². The molecule has 2 aromatic rings. The first-order chi connectivity index (χ1) is 13.1. The average molecular weight is 386 g/mol. The van der Waals surface area contributed by atoms with Gasteiger partial charge in [0.2, 0.25) is 5.91 Å². The van der Waals surface area contributed by atoms with Gasteiger partial charge in [-0.2, -0.15) is 0 Å². The molecule has 1 aliphatic rings. The van der Waals surface area contributed by atoms with Crippen LogP contribution in [0.15, 0.2) is 48.5 Å². The van der Waals surface area contributed by atoms with Crippen molar-refractivity contribution in [2.45, 2.75) is 25.8 Å². The zero-order valence-electron chi connectivity index (χ0n) is 15.7. The second-order valence-corrected chi connectivity index (χ2v) is 6.81. The first-order valence-electron chi connectivity index (χ1n) is 9.18. The molecule has 1 heterocycles. The number of carbonyl (C=O) groups is 1. The molecule has 0 radical (unpaired) electrons. The molecule has 1 amide bonds. The number of hydrogen-bond donors (Lipinski definition) is 0. The molecule has 4 nitrogen and oxygen atoms in total. The van der Waals surface area contributed by atoms with E-state index < -0.39 is 0 Å². The summed E-state index contributed by atoms with van der Waals surface area (Å²) in [4.78, 5) is 14.7. The van der Waals surface area contributed by atoms with E-state index in [1.165, 1.54) is 5.56 Å². The van der Waals surface area contributed by atoms with Crippen LogP contribution < -0.4 is 9.47 Å². The molecule has 3 rings (SSSR count). The Labute approximate surface area is 165 Å². The molecule has 1 atom stereocenters. The number of hydrogen-bond acceptors (Lipinski definition) is 3. The van der Waals surface area contributed by atoms with Crippen LogP contribution in [0.1, 0.15) is 36.9 Å². The van der Waals surface area contributed by atoms with Crippen LogP contribution in [0.2, 0.25) is 5.02 Å². The minimum Gasteiger partial charge on any atom is -0.491 e. The molecule has 5 heteroatoms. The molecule has 0 unspecified atom stereocenters. The minimum atomic E-state index is 0.00579. The Hall–Kier alpha value is -2.46. The molecule has 1 saturated heterocycles. The zero-order chi connectivity index (χ0) is 19.2. The molecule has 0 spiro atoms. The van der Waals surface area contributed by atoms with E-state index in [0.717, 1.165) is 24.9 Å². The van der Waals surface area contributed by atoms with Crippen molar-refractivity contribution in [1.29, 1.82) is 0 Å². The molecule has 0 saturated carbocycles. The van der Waals surface area contributed by atoms with E-state index in [4.69, 9.17) is 21.1 Å². The predicted molar refractivity (Wildman–Crippen MR) is 108 cm³/mol. The topological polar surface area (TPSA) is 38.8 Å². The number of ether oxygens (including phenoxy) is 2. The number of rotatable bonds is 6. The van der Waals surface area contributed by atoms with Gasteiger partial charge in [-0.25, -0.2) is 0 Å². The summed E-state index contributed by atoms with van der Waals surface area (Å²) in [5, 5.41) is 0.457. The minimum absolute atomic E-state index is 0.00579. The number of amides is 1. The summed E-state index contributed by atoms with van der Waals surface area (Å²) in [6, 6.07) is 13.9. The molecule has 0 bridgehead atoms. The summed E-state index contributed by atoms with van der Waals surface area (Å²) >= 11 is 6.28. The maximum absolute atomic E-state index is 12.8. The van der Waals surface area contributed by atoms with Crippen molar-refractivity contribution in [1.82, 2.24) is 4.90 Å². The highest BCUT2D eigenvalue weighted by Crippen LogP contribution is 2.37. The summed E-state index contributed by atoms with van der Waals surface area (Å²) in [5.41, 5.74) is 1.98. The van der Waals surface area contributed by atoms with Gasteiger partial charge < -0.3 is 14.4 Å². The first kappa shape index (κ1) is 19.3. The second-order valence-electron chi connectivity index (χ2n) is 6.40. The summed E-state index contributed by atoms with van der Waals surface area (Å²) in [5.74, 6) is 1.08. The van der Waals surface area contributed by atoms with Crippen LogP contribution in [0.4, 0.5) is 0 Å². The Morgan fingerprint density at radius 1 is 1.30 bits per heavy atom. The molecule has 142 valence electrons. The van der Waals surface area contributed by atoms with Gasteiger partial charge in [-0.05, 0) is 49.1 Å². The van der Waals surface area contributed by atoms with Crippen LogP contribution in [0, 0.1) is 0 Å². The summed E-state index contributed by atoms with van der Waals surface area (Å²) in [6.07, 6.45) is 5.39. The van der Waals surface area contributed by atoms with Gasteiger partial charge in [0.25, 0.3) is 0 Å². The Morgan fingerprint density at radius 2 is 2.07 bits per heavy atom. The highest BCUT2D eigenvalue weighted by atomic mass is 35.5. The lowest BCUT2D eigenvalue weighted by Gasteiger charge is -2.23. The van der Waals surface area contributed by atoms with E-state index in [1.54, 1.807) is 25.3 Å². The first-order valence-corrected chi connectivity index (χ1v) is 9.55. The number of halogens is 1. The van der Waals surface area contributed by atoms with Crippen molar-refractivity contribution >= 4 is 23.6 Å². The van der Waals surface area contributed by atoms with Crippen molar-refractivity contribution in [3.8, 4) is 11.5 Å². The molecule has 27 heavy (non-hydrogen) atoms. The van der Waals surface area contributed by atoms with Gasteiger partial charge in [0.1, 0.15) is 0 Å². The third kappa shape index (κ3) is 4.45. The SMILES string of the molecule is CCOc1cc(/C=C/C(=O)N2CCC[C@H]2c2ccccc2)cc(Cl)c1OC. The van der Waals surface area contributed by atoms with Crippen LogP contribution in [-0.2, 0) is 4.79 Å². The van der Waals surface area contributed by atoms with E-state index in [1.807, 2.05) is 36.1 Å². The molecule has 1 aliphatic heterocycles. The monoisotopic (exact) mass is 385 g/mol. The van der Waals surface area contributed by atoms with Crippen LogP contribution in [-0.4, -0.2) is 31.1 Å². The Balaban J connectivity index is 1.78. The van der Waals surface area contributed by atoms with Crippen molar-refractivity contribution < 1.29 is 14.3 Å². The smallest absolute Gasteiger partial charge is 0.247 e. The van der Waals surface area contributed by atoms with Gasteiger partial charge in [0, 0.05) is 12.6 Å². The van der Waals surface area contributed by atoms with Gasteiger partial charge in [0.15, 0.2) is 11.5 Å². The molecule has 2 aromatic carbocycles. The number of methoxy groups -OCH3 is 1. The van der Waals surface area contributed by atoms with Crippen molar-refractivity contribution in [3.63, 3.8) is 0 Å². The van der Waals surface area contributed by atoms with Crippen LogP contribution in [0.5, 0.6) is 11.5 Å². The van der Waals surface area contributed by atoms with Gasteiger partial charge in [-0.3, -0.25) is 4.79 Å². The van der Waals surface area contributed by atoms with Gasteiger partial charge >= 0.3 is 0 Å². The summed E-state index contributed by atoms with van der Waals surface area (Å²) in [6.45, 7) is 3.18. The van der Waals surface area contributed by atoms with Gasteiger partial charge in [0.05, 0.1) is 24.8 Å². The largest absolute Gasteiger partial charge is 0.491 e. The lowest BCUT2D eigenvalue weighted by atomic mass is 10.0. The van der Waals surface area contributed by atoms with Crippen LogP contribution >= 0.6 is 11.6 Å². The molecule has 0 N–H and O–H groups in total. The highest BCUT2D eigenvalue weighted by molar-refractivity contribution is 6.32. The standard InChI is InChI=1S/C22H24ClNO3/c1-3-27-20-15-16(14-18(23)22(20)26-2)11-12-21(25)24-13-7-10-19(24)17-8-5-4-6-9-17/h4-6,8-9,11-12,14-15,19H,3,7,10,13H2,1-2H3/b12-11+/t19-/m0/s1. The van der Waals surface area contributed by atoms with Gasteiger partial charge in [-0.1, -0.05) is 41.9 Å². The number of nitrogens with zero attached hydrogens (tertiary/aromatic N) is 1.